The quantitative estimate of drug-likeness (QED) is 0.114. The van der Waals surface area contributed by atoms with Crippen LogP contribution in [0.3, 0.4) is 0 Å². The maximum atomic E-state index is 12.6. The summed E-state index contributed by atoms with van der Waals surface area (Å²) in [6, 6.07) is 0. The minimum absolute atomic E-state index is 0.0170. The second kappa shape index (κ2) is 15.6. The third kappa shape index (κ3) is 6.96. The number of ether oxygens (including phenoxy) is 5. The number of cyclic esters (lactones) is 1. The number of hydrogen-bond acceptors (Lipinski definition) is 15. The molecule has 0 aromatic rings. The van der Waals surface area contributed by atoms with Crippen LogP contribution < -0.4 is 0 Å². The van der Waals surface area contributed by atoms with E-state index in [1.807, 2.05) is 19.9 Å². The predicted molar refractivity (Wildman–Crippen MR) is 191 cm³/mol. The summed E-state index contributed by atoms with van der Waals surface area (Å²) in [7, 11) is 0. The Bertz CT molecular complexity index is 1490. The van der Waals surface area contributed by atoms with Crippen LogP contribution in [0.4, 0.5) is 0 Å². The highest BCUT2D eigenvalue weighted by Gasteiger charge is 2.64. The first kappa shape index (κ1) is 41.6. The number of rotatable bonds is 8. The third-order valence-electron chi connectivity index (χ3n) is 15.5. The van der Waals surface area contributed by atoms with E-state index in [0.29, 0.717) is 17.9 Å². The third-order valence-corrected chi connectivity index (χ3v) is 15.5. The summed E-state index contributed by atoms with van der Waals surface area (Å²) >= 11 is 0. The molecule has 0 radical (unpaired) electrons. The van der Waals surface area contributed by atoms with Crippen molar-refractivity contribution in [3.8, 4) is 0 Å². The van der Waals surface area contributed by atoms with E-state index in [9.17, 15) is 50.8 Å². The molecule has 0 aromatic carbocycles. The summed E-state index contributed by atoms with van der Waals surface area (Å²) in [5, 5.41) is 96.2. The zero-order valence-corrected chi connectivity index (χ0v) is 32.4. The van der Waals surface area contributed by atoms with Crippen LogP contribution in [0.1, 0.15) is 79.6 Å². The molecule has 2 saturated heterocycles. The van der Waals surface area contributed by atoms with Gasteiger partial charge in [0.2, 0.25) is 0 Å². The number of carbonyl (C=O) groups is 1. The molecule has 3 saturated carbocycles. The van der Waals surface area contributed by atoms with Gasteiger partial charge in [0, 0.05) is 23.8 Å². The van der Waals surface area contributed by atoms with Gasteiger partial charge >= 0.3 is 5.97 Å². The van der Waals surface area contributed by atoms with E-state index in [4.69, 9.17) is 23.7 Å². The Morgan fingerprint density at radius 3 is 2.16 bits per heavy atom. The zero-order chi connectivity index (χ0) is 39.9. The average Bonchev–Trinajstić information content (AvgIpc) is 3.50. The summed E-state index contributed by atoms with van der Waals surface area (Å²) in [5.41, 5.74) is 1.96. The molecule has 15 nitrogen and oxygen atoms in total. The van der Waals surface area contributed by atoms with Crippen molar-refractivity contribution < 1.29 is 74.4 Å². The van der Waals surface area contributed by atoms with Gasteiger partial charge in [0.1, 0.15) is 54.9 Å². The Balaban J connectivity index is 1.02. The largest absolute Gasteiger partial charge is 0.458 e. The van der Waals surface area contributed by atoms with Gasteiger partial charge in [0.15, 0.2) is 12.6 Å². The lowest BCUT2D eigenvalue weighted by Gasteiger charge is -2.61. The number of fused-ring (bicyclic) bond motifs is 5. The van der Waals surface area contributed by atoms with Crippen molar-refractivity contribution >= 4 is 5.97 Å². The summed E-state index contributed by atoms with van der Waals surface area (Å²) in [6.07, 6.45) is -11.0. The van der Waals surface area contributed by atoms with Gasteiger partial charge in [-0.05, 0) is 81.0 Å². The average molecular weight is 783 g/mol. The first-order valence-corrected chi connectivity index (χ1v) is 20.1. The number of carbonyl (C=O) groups excluding carboxylic acids is 1. The summed E-state index contributed by atoms with van der Waals surface area (Å²) < 4.78 is 28.9. The summed E-state index contributed by atoms with van der Waals surface area (Å²) in [4.78, 5) is 12.6. The molecule has 55 heavy (non-hydrogen) atoms. The zero-order valence-electron chi connectivity index (χ0n) is 32.4. The Morgan fingerprint density at radius 2 is 1.49 bits per heavy atom. The number of aliphatic hydroxyl groups excluding tert-OH is 9. The van der Waals surface area contributed by atoms with Gasteiger partial charge in [-0.25, -0.2) is 4.79 Å². The lowest BCUT2D eigenvalue weighted by atomic mass is 9.45. The summed E-state index contributed by atoms with van der Waals surface area (Å²) in [5.74, 6) is 0.439. The molecular weight excluding hydrogens is 720 g/mol. The molecule has 9 N–H and O–H groups in total. The van der Waals surface area contributed by atoms with E-state index < -0.39 is 98.4 Å². The number of esters is 1. The SMILES string of the molecule is CC1=C(C)C(=O)OC(C(C)C2CCC3C4C(O)C=C5CC(OC6OC(COC7OC(CO)C(O)C(O)C7O)C(O)C(O)C6O)CC(O)C5(C)C4CCC23C)C1. The first-order chi connectivity index (χ1) is 25.9. The van der Waals surface area contributed by atoms with Crippen LogP contribution in [-0.4, -0.2) is 151 Å². The minimum atomic E-state index is -1.71. The van der Waals surface area contributed by atoms with E-state index in [1.54, 1.807) is 0 Å². The molecule has 4 aliphatic carbocycles. The standard InChI is InChI=1S/C40H62O15/c1-16-10-25(53-36(50)17(16)2)18(3)21-6-7-22-29-23(8-9-39(21,22)4)40(5)19(12-24(29)42)11-20(13-28(40)43)52-38-35(49)33(47)31(45)27(55-38)15-51-37-34(48)32(46)30(44)26(14-41)54-37/h12,18,20-35,37-38,41-49H,6-11,13-15H2,1-5H3. The van der Waals surface area contributed by atoms with Crippen LogP contribution in [0.2, 0.25) is 0 Å². The van der Waals surface area contributed by atoms with Gasteiger partial charge in [-0.1, -0.05) is 38.0 Å². The van der Waals surface area contributed by atoms with Crippen LogP contribution in [0.15, 0.2) is 22.8 Å². The van der Waals surface area contributed by atoms with Crippen molar-refractivity contribution in [2.75, 3.05) is 13.2 Å². The minimum Gasteiger partial charge on any atom is -0.458 e. The van der Waals surface area contributed by atoms with Crippen LogP contribution in [-0.2, 0) is 28.5 Å². The molecule has 0 bridgehead atoms. The smallest absolute Gasteiger partial charge is 0.333 e. The molecule has 3 heterocycles. The lowest BCUT2D eigenvalue weighted by molar-refractivity contribution is -0.337. The van der Waals surface area contributed by atoms with Crippen LogP contribution in [0, 0.1) is 40.4 Å². The van der Waals surface area contributed by atoms with Crippen molar-refractivity contribution in [1.29, 1.82) is 0 Å². The Labute approximate surface area is 321 Å². The Morgan fingerprint density at radius 1 is 0.836 bits per heavy atom. The fraction of sp³-hybridized carbons (Fsp3) is 0.875. The molecule has 0 amide bonds. The molecule has 21 unspecified atom stereocenters. The predicted octanol–water partition coefficient (Wildman–Crippen LogP) is -0.196. The first-order valence-electron chi connectivity index (χ1n) is 20.1. The molecular formula is C40H62O15. The lowest BCUT2D eigenvalue weighted by Crippen LogP contribution is -2.62. The van der Waals surface area contributed by atoms with Crippen molar-refractivity contribution in [3.05, 3.63) is 22.8 Å². The molecule has 7 aliphatic rings. The number of hydrogen-bond donors (Lipinski definition) is 9. The van der Waals surface area contributed by atoms with Gasteiger partial charge in [0.25, 0.3) is 0 Å². The Hall–Kier alpha value is -1.57. The second-order valence-electron chi connectivity index (χ2n) is 18.2. The highest BCUT2D eigenvalue weighted by atomic mass is 16.7. The van der Waals surface area contributed by atoms with Gasteiger partial charge in [-0.15, -0.1) is 0 Å². The second-order valence-corrected chi connectivity index (χ2v) is 18.2. The molecule has 5 fully saturated rings. The van der Waals surface area contributed by atoms with E-state index >= 15 is 0 Å². The van der Waals surface area contributed by atoms with E-state index in [-0.39, 0.29) is 47.6 Å². The van der Waals surface area contributed by atoms with Crippen molar-refractivity contribution in [1.82, 2.24) is 0 Å². The van der Waals surface area contributed by atoms with E-state index in [0.717, 1.165) is 43.3 Å². The fourth-order valence-electron chi connectivity index (χ4n) is 11.9. The Kier molecular flexibility index (Phi) is 11.8. The van der Waals surface area contributed by atoms with Crippen LogP contribution in [0.5, 0.6) is 0 Å². The maximum absolute atomic E-state index is 12.6. The molecule has 15 heteroatoms. The van der Waals surface area contributed by atoms with E-state index in [1.165, 1.54) is 0 Å². The van der Waals surface area contributed by atoms with Gasteiger partial charge in [-0.3, -0.25) is 0 Å². The topological polar surface area (TPSA) is 245 Å². The highest BCUT2D eigenvalue weighted by molar-refractivity contribution is 5.89. The van der Waals surface area contributed by atoms with E-state index in [2.05, 4.69) is 20.8 Å². The molecule has 7 rings (SSSR count). The van der Waals surface area contributed by atoms with Gasteiger partial charge in [-0.2, -0.15) is 0 Å². The fourth-order valence-corrected chi connectivity index (χ4v) is 11.9. The van der Waals surface area contributed by atoms with Gasteiger partial charge in [0.05, 0.1) is 31.5 Å². The summed E-state index contributed by atoms with van der Waals surface area (Å²) in [6.45, 7) is 9.32. The monoisotopic (exact) mass is 782 g/mol. The molecule has 21 atom stereocenters. The van der Waals surface area contributed by atoms with Crippen LogP contribution in [0.25, 0.3) is 0 Å². The molecule has 0 aromatic heterocycles. The van der Waals surface area contributed by atoms with Crippen molar-refractivity contribution in [2.45, 2.75) is 165 Å². The van der Waals surface area contributed by atoms with Crippen molar-refractivity contribution in [3.63, 3.8) is 0 Å². The van der Waals surface area contributed by atoms with Crippen LogP contribution >= 0.6 is 0 Å². The molecule has 312 valence electrons. The molecule has 0 spiro atoms. The normalized spacial score (nSPS) is 52.1. The van der Waals surface area contributed by atoms with Gasteiger partial charge < -0.3 is 69.6 Å². The molecule has 3 aliphatic heterocycles. The number of aliphatic hydroxyl groups is 9. The van der Waals surface area contributed by atoms with Crippen molar-refractivity contribution in [2.24, 2.45) is 40.4 Å². The maximum Gasteiger partial charge on any atom is 0.333 e. The highest BCUT2D eigenvalue weighted by Crippen LogP contribution is 2.67.